The molecule has 0 saturated carbocycles. The van der Waals surface area contributed by atoms with Crippen molar-refractivity contribution in [3.8, 4) is 0 Å². The number of anilines is 1. The van der Waals surface area contributed by atoms with E-state index in [4.69, 9.17) is 23.8 Å². The lowest BCUT2D eigenvalue weighted by molar-refractivity contribution is -0.122. The Bertz CT molecular complexity index is 1080. The van der Waals surface area contributed by atoms with Crippen LogP contribution in [0.15, 0.2) is 29.8 Å². The number of carbonyl (C=O) groups excluding carboxylic acids is 2. The molecule has 2 heterocycles. The van der Waals surface area contributed by atoms with Gasteiger partial charge in [0, 0.05) is 21.9 Å². The van der Waals surface area contributed by atoms with Crippen molar-refractivity contribution in [1.82, 2.24) is 9.88 Å². The zero-order valence-electron chi connectivity index (χ0n) is 17.4. The van der Waals surface area contributed by atoms with Crippen LogP contribution >= 0.6 is 23.8 Å². The summed E-state index contributed by atoms with van der Waals surface area (Å²) in [6.45, 7) is 12.2. The van der Waals surface area contributed by atoms with Crippen molar-refractivity contribution in [3.63, 3.8) is 0 Å². The number of hydrogen-bond donors (Lipinski definition) is 1. The normalized spacial score (nSPS) is 16.6. The van der Waals surface area contributed by atoms with Gasteiger partial charge in [0.25, 0.3) is 11.8 Å². The summed E-state index contributed by atoms with van der Waals surface area (Å²) in [7, 11) is 0. The van der Waals surface area contributed by atoms with Gasteiger partial charge in [0.2, 0.25) is 0 Å². The van der Waals surface area contributed by atoms with Crippen LogP contribution in [0, 0.1) is 20.8 Å². The van der Waals surface area contributed by atoms with Crippen molar-refractivity contribution in [2.45, 2.75) is 47.1 Å². The molecule has 1 N–H and O–H groups in total. The van der Waals surface area contributed by atoms with Crippen molar-refractivity contribution < 1.29 is 9.59 Å². The molecule has 2 aromatic rings. The molecule has 0 unspecified atom stereocenters. The third-order valence-electron chi connectivity index (χ3n) is 5.02. The summed E-state index contributed by atoms with van der Waals surface area (Å²) >= 11 is 11.5. The summed E-state index contributed by atoms with van der Waals surface area (Å²) in [5, 5.41) is 3.19. The molecule has 5 nitrogen and oxygen atoms in total. The predicted molar refractivity (Wildman–Crippen MR) is 121 cm³/mol. The Hall–Kier alpha value is -2.44. The lowest BCUT2D eigenvalue weighted by atomic mass is 10.1. The SMILES string of the molecule is Cc1c(Cl)cccc1N1C(=O)/C(=C/c2cc(C)n(C(C)(C)C)c2C)C(=O)NC1=S. The number of nitrogens with zero attached hydrogens (tertiary/aromatic N) is 2. The van der Waals surface area contributed by atoms with E-state index < -0.39 is 11.8 Å². The van der Waals surface area contributed by atoms with Crippen LogP contribution in [0.25, 0.3) is 6.08 Å². The molecule has 1 aromatic heterocycles. The maximum Gasteiger partial charge on any atom is 0.270 e. The molecule has 1 aliphatic rings. The molecule has 1 fully saturated rings. The highest BCUT2D eigenvalue weighted by Crippen LogP contribution is 2.31. The van der Waals surface area contributed by atoms with E-state index in [0.717, 1.165) is 17.0 Å². The number of amides is 2. The molecule has 29 heavy (non-hydrogen) atoms. The number of rotatable bonds is 2. The Kier molecular flexibility index (Phi) is 5.45. The van der Waals surface area contributed by atoms with Gasteiger partial charge in [-0.25, -0.2) is 0 Å². The number of carbonyl (C=O) groups is 2. The monoisotopic (exact) mass is 429 g/mol. The highest BCUT2D eigenvalue weighted by Gasteiger charge is 2.35. The maximum atomic E-state index is 13.3. The van der Waals surface area contributed by atoms with Gasteiger partial charge in [-0.05, 0) is 89.2 Å². The van der Waals surface area contributed by atoms with Crippen LogP contribution in [0.2, 0.25) is 5.02 Å². The van der Waals surface area contributed by atoms with Crippen LogP contribution in [-0.4, -0.2) is 21.5 Å². The first kappa shape index (κ1) is 21.3. The van der Waals surface area contributed by atoms with E-state index in [1.807, 2.05) is 26.8 Å². The second-order valence-electron chi connectivity index (χ2n) is 8.17. The number of nitrogens with one attached hydrogen (secondary N) is 1. The van der Waals surface area contributed by atoms with Crippen LogP contribution in [0.4, 0.5) is 5.69 Å². The molecule has 0 radical (unpaired) electrons. The number of hydrogen-bond acceptors (Lipinski definition) is 3. The van der Waals surface area contributed by atoms with Gasteiger partial charge in [-0.1, -0.05) is 17.7 Å². The van der Waals surface area contributed by atoms with Crippen LogP contribution in [0.5, 0.6) is 0 Å². The van der Waals surface area contributed by atoms with Crippen LogP contribution < -0.4 is 10.2 Å². The predicted octanol–water partition coefficient (Wildman–Crippen LogP) is 4.65. The molecule has 0 aliphatic carbocycles. The van der Waals surface area contributed by atoms with Gasteiger partial charge < -0.3 is 4.57 Å². The van der Waals surface area contributed by atoms with Gasteiger partial charge in [0.15, 0.2) is 5.11 Å². The van der Waals surface area contributed by atoms with Gasteiger partial charge >= 0.3 is 0 Å². The van der Waals surface area contributed by atoms with Gasteiger partial charge in [-0.2, -0.15) is 0 Å². The summed E-state index contributed by atoms with van der Waals surface area (Å²) < 4.78 is 2.19. The van der Waals surface area contributed by atoms with E-state index in [9.17, 15) is 9.59 Å². The Morgan fingerprint density at radius 1 is 1.14 bits per heavy atom. The number of halogens is 1. The lowest BCUT2D eigenvalue weighted by Gasteiger charge is -2.30. The zero-order chi connectivity index (χ0) is 21.7. The molecule has 1 saturated heterocycles. The first-order valence-corrected chi connectivity index (χ1v) is 10.1. The molecule has 7 heteroatoms. The Balaban J connectivity index is 2.11. The molecule has 1 aromatic carbocycles. The largest absolute Gasteiger partial charge is 0.343 e. The number of thiocarbonyl (C=S) groups is 1. The maximum absolute atomic E-state index is 13.3. The number of aromatic nitrogens is 1. The van der Waals surface area contributed by atoms with Crippen LogP contribution in [0.1, 0.15) is 43.3 Å². The topological polar surface area (TPSA) is 54.3 Å². The lowest BCUT2D eigenvalue weighted by Crippen LogP contribution is -2.54. The van der Waals surface area contributed by atoms with E-state index >= 15 is 0 Å². The fraction of sp³-hybridized carbons (Fsp3) is 0.318. The molecule has 3 rings (SSSR count). The molecule has 0 spiro atoms. The van der Waals surface area contributed by atoms with Crippen molar-refractivity contribution in [2.75, 3.05) is 4.90 Å². The Morgan fingerprint density at radius 3 is 2.38 bits per heavy atom. The first-order chi connectivity index (χ1) is 13.4. The Morgan fingerprint density at radius 2 is 1.79 bits per heavy atom. The van der Waals surface area contributed by atoms with E-state index in [1.54, 1.807) is 24.3 Å². The smallest absolute Gasteiger partial charge is 0.270 e. The second-order valence-corrected chi connectivity index (χ2v) is 8.97. The fourth-order valence-electron chi connectivity index (χ4n) is 3.84. The standard InChI is InChI=1S/C22H24ClN3O2S/c1-12-10-15(14(3)26(12)22(4,5)6)11-16-19(27)24-21(29)25(20(16)28)18-9-7-8-17(23)13(18)2/h7-11H,1-6H3,(H,24,27,29)/b16-11+. The van der Waals surface area contributed by atoms with Gasteiger partial charge in [-0.3, -0.25) is 19.8 Å². The van der Waals surface area contributed by atoms with Gasteiger partial charge in [-0.15, -0.1) is 0 Å². The average Bonchev–Trinajstić information content (AvgIpc) is 2.88. The van der Waals surface area contributed by atoms with Gasteiger partial charge in [0.05, 0.1) is 5.69 Å². The second kappa shape index (κ2) is 7.43. The average molecular weight is 430 g/mol. The summed E-state index contributed by atoms with van der Waals surface area (Å²) in [6.07, 6.45) is 1.64. The number of aryl methyl sites for hydroxylation is 1. The number of benzene rings is 1. The fourth-order valence-corrected chi connectivity index (χ4v) is 4.28. The van der Waals surface area contributed by atoms with Crippen LogP contribution in [-0.2, 0) is 15.1 Å². The molecule has 152 valence electrons. The zero-order valence-corrected chi connectivity index (χ0v) is 19.0. The summed E-state index contributed by atoms with van der Waals surface area (Å²) in [5.74, 6) is -0.971. The minimum absolute atomic E-state index is 0.0344. The molecule has 0 bridgehead atoms. The highest BCUT2D eigenvalue weighted by molar-refractivity contribution is 7.80. The quantitative estimate of drug-likeness (QED) is 0.429. The van der Waals surface area contributed by atoms with Crippen LogP contribution in [0.3, 0.4) is 0 Å². The third-order valence-corrected chi connectivity index (χ3v) is 5.72. The van der Waals surface area contributed by atoms with E-state index in [2.05, 4.69) is 30.7 Å². The minimum Gasteiger partial charge on any atom is -0.343 e. The molecular weight excluding hydrogens is 406 g/mol. The molecule has 2 amide bonds. The first-order valence-electron chi connectivity index (χ1n) is 9.29. The molecule has 1 aliphatic heterocycles. The molecule has 0 atom stereocenters. The van der Waals surface area contributed by atoms with E-state index in [1.165, 1.54) is 4.90 Å². The van der Waals surface area contributed by atoms with Crippen molar-refractivity contribution in [1.29, 1.82) is 0 Å². The summed E-state index contributed by atoms with van der Waals surface area (Å²) in [4.78, 5) is 27.2. The van der Waals surface area contributed by atoms with Crippen molar-refractivity contribution in [3.05, 3.63) is 57.4 Å². The van der Waals surface area contributed by atoms with Crippen molar-refractivity contribution in [2.24, 2.45) is 0 Å². The summed E-state index contributed by atoms with van der Waals surface area (Å²) in [5.41, 5.74) is 4.06. The minimum atomic E-state index is -0.503. The van der Waals surface area contributed by atoms with Crippen molar-refractivity contribution >= 4 is 52.5 Å². The van der Waals surface area contributed by atoms with E-state index in [0.29, 0.717) is 16.3 Å². The Labute approximate surface area is 181 Å². The third kappa shape index (κ3) is 3.74. The highest BCUT2D eigenvalue weighted by atomic mass is 35.5. The van der Waals surface area contributed by atoms with E-state index in [-0.39, 0.29) is 16.2 Å². The summed E-state index contributed by atoms with van der Waals surface area (Å²) in [6, 6.07) is 7.23. The van der Waals surface area contributed by atoms with Gasteiger partial charge in [0.1, 0.15) is 5.57 Å². The molecular formula is C22H24ClN3O2S.